The Balaban J connectivity index is 1.90. The van der Waals surface area contributed by atoms with Crippen molar-refractivity contribution in [3.63, 3.8) is 0 Å². The number of rotatable bonds is 5. The topological polar surface area (TPSA) is 41.1 Å². The van der Waals surface area contributed by atoms with E-state index < -0.39 is 0 Å². The van der Waals surface area contributed by atoms with Crippen LogP contribution >= 0.6 is 0 Å². The lowest BCUT2D eigenvalue weighted by Crippen LogP contribution is -2.22. The molecule has 0 bridgehead atoms. The quantitative estimate of drug-likeness (QED) is 0.869. The van der Waals surface area contributed by atoms with Gasteiger partial charge in [0.2, 0.25) is 5.91 Å². The van der Waals surface area contributed by atoms with Crippen molar-refractivity contribution >= 4 is 17.3 Å². The number of anilines is 2. The summed E-state index contributed by atoms with van der Waals surface area (Å²) in [5, 5.41) is 6.05. The maximum Gasteiger partial charge on any atom is 0.243 e. The fourth-order valence-corrected chi connectivity index (χ4v) is 1.99. The van der Waals surface area contributed by atoms with E-state index in [1.165, 1.54) is 5.56 Å². The van der Waals surface area contributed by atoms with E-state index in [-0.39, 0.29) is 12.5 Å². The predicted octanol–water partition coefficient (Wildman–Crippen LogP) is 3.61. The lowest BCUT2D eigenvalue weighted by Gasteiger charge is -2.10. The minimum atomic E-state index is -0.0406. The molecule has 104 valence electrons. The third-order valence-corrected chi connectivity index (χ3v) is 3.21. The van der Waals surface area contributed by atoms with Crippen molar-refractivity contribution in [1.82, 2.24) is 0 Å². The molecule has 1 amide bonds. The van der Waals surface area contributed by atoms with Gasteiger partial charge in [-0.15, -0.1) is 0 Å². The van der Waals surface area contributed by atoms with Crippen LogP contribution < -0.4 is 10.6 Å². The number of amides is 1. The second-order valence-electron chi connectivity index (χ2n) is 4.77. The van der Waals surface area contributed by atoms with E-state index in [0.29, 0.717) is 0 Å². The van der Waals surface area contributed by atoms with Crippen LogP contribution in [0.1, 0.15) is 18.1 Å². The molecular formula is C17H20N2O. The van der Waals surface area contributed by atoms with Gasteiger partial charge < -0.3 is 10.6 Å². The van der Waals surface area contributed by atoms with Crippen LogP contribution in [0.25, 0.3) is 0 Å². The molecule has 0 saturated heterocycles. The molecule has 3 nitrogen and oxygen atoms in total. The van der Waals surface area contributed by atoms with Gasteiger partial charge in [0.25, 0.3) is 0 Å². The summed E-state index contributed by atoms with van der Waals surface area (Å²) in [5.41, 5.74) is 4.16. The normalized spacial score (nSPS) is 10.1. The Morgan fingerprint density at radius 3 is 2.65 bits per heavy atom. The number of benzene rings is 2. The first-order valence-electron chi connectivity index (χ1n) is 6.87. The van der Waals surface area contributed by atoms with Crippen LogP contribution in [0.4, 0.5) is 11.4 Å². The van der Waals surface area contributed by atoms with E-state index in [0.717, 1.165) is 23.4 Å². The molecule has 0 aromatic heterocycles. The molecule has 0 spiro atoms. The Kier molecular flexibility index (Phi) is 4.77. The smallest absolute Gasteiger partial charge is 0.243 e. The number of para-hydroxylation sites is 1. The summed E-state index contributed by atoms with van der Waals surface area (Å²) in [7, 11) is 0. The van der Waals surface area contributed by atoms with E-state index in [1.54, 1.807) is 0 Å². The first kappa shape index (κ1) is 14.1. The molecule has 2 rings (SSSR count). The van der Waals surface area contributed by atoms with Gasteiger partial charge >= 0.3 is 0 Å². The monoisotopic (exact) mass is 268 g/mol. The number of carbonyl (C=O) groups is 1. The lowest BCUT2D eigenvalue weighted by atomic mass is 10.1. The van der Waals surface area contributed by atoms with Crippen LogP contribution in [0.2, 0.25) is 0 Å². The van der Waals surface area contributed by atoms with Crippen molar-refractivity contribution in [2.75, 3.05) is 17.2 Å². The fraction of sp³-hybridized carbons (Fsp3) is 0.235. The van der Waals surface area contributed by atoms with E-state index in [2.05, 4.69) is 29.7 Å². The van der Waals surface area contributed by atoms with E-state index in [9.17, 15) is 4.79 Å². The number of carbonyl (C=O) groups excluding carboxylic acids is 1. The third-order valence-electron chi connectivity index (χ3n) is 3.21. The Hall–Kier alpha value is -2.29. The minimum Gasteiger partial charge on any atom is -0.376 e. The van der Waals surface area contributed by atoms with Crippen LogP contribution in [0.5, 0.6) is 0 Å². The van der Waals surface area contributed by atoms with Crippen molar-refractivity contribution < 1.29 is 4.79 Å². The Morgan fingerprint density at radius 1 is 1.10 bits per heavy atom. The average molecular weight is 268 g/mol. The largest absolute Gasteiger partial charge is 0.376 e. The summed E-state index contributed by atoms with van der Waals surface area (Å²) in [5.74, 6) is -0.0406. The summed E-state index contributed by atoms with van der Waals surface area (Å²) in [6.07, 6.45) is 0.991. The van der Waals surface area contributed by atoms with Gasteiger partial charge in [-0.3, -0.25) is 4.79 Å². The first-order valence-corrected chi connectivity index (χ1v) is 6.87. The van der Waals surface area contributed by atoms with Crippen molar-refractivity contribution in [2.24, 2.45) is 0 Å². The summed E-state index contributed by atoms with van der Waals surface area (Å²) in [4.78, 5) is 11.9. The summed E-state index contributed by atoms with van der Waals surface area (Å²) in [6.45, 7) is 4.36. The highest BCUT2D eigenvalue weighted by molar-refractivity contribution is 5.94. The molecular weight excluding hydrogens is 248 g/mol. The lowest BCUT2D eigenvalue weighted by molar-refractivity contribution is -0.114. The van der Waals surface area contributed by atoms with Crippen molar-refractivity contribution in [2.45, 2.75) is 20.3 Å². The Morgan fingerprint density at radius 2 is 1.90 bits per heavy atom. The van der Waals surface area contributed by atoms with E-state index in [1.807, 2.05) is 43.3 Å². The van der Waals surface area contributed by atoms with Crippen LogP contribution in [0.3, 0.4) is 0 Å². The zero-order chi connectivity index (χ0) is 14.4. The number of hydrogen-bond acceptors (Lipinski definition) is 2. The van der Waals surface area contributed by atoms with Gasteiger partial charge in [-0.2, -0.15) is 0 Å². The van der Waals surface area contributed by atoms with Crippen LogP contribution in [-0.4, -0.2) is 12.5 Å². The molecule has 2 aromatic carbocycles. The number of nitrogens with one attached hydrogen (secondary N) is 2. The highest BCUT2D eigenvalue weighted by Crippen LogP contribution is 2.13. The van der Waals surface area contributed by atoms with E-state index >= 15 is 0 Å². The fourth-order valence-electron chi connectivity index (χ4n) is 1.99. The maximum absolute atomic E-state index is 11.9. The van der Waals surface area contributed by atoms with Gasteiger partial charge in [-0.25, -0.2) is 0 Å². The molecule has 3 heteroatoms. The van der Waals surface area contributed by atoms with Gasteiger partial charge in [-0.05, 0) is 42.7 Å². The average Bonchev–Trinajstić information content (AvgIpc) is 2.48. The minimum absolute atomic E-state index is 0.0406. The zero-order valence-electron chi connectivity index (χ0n) is 11.9. The number of aryl methyl sites for hydroxylation is 2. The molecule has 0 aliphatic rings. The van der Waals surface area contributed by atoms with Crippen LogP contribution in [0.15, 0.2) is 48.5 Å². The van der Waals surface area contributed by atoms with Gasteiger partial charge in [0.15, 0.2) is 0 Å². The van der Waals surface area contributed by atoms with Crippen LogP contribution in [0, 0.1) is 6.92 Å². The molecule has 0 atom stereocenters. The van der Waals surface area contributed by atoms with Crippen LogP contribution in [-0.2, 0) is 11.2 Å². The summed E-state index contributed by atoms with van der Waals surface area (Å²) < 4.78 is 0. The van der Waals surface area contributed by atoms with Crippen molar-refractivity contribution in [1.29, 1.82) is 0 Å². The molecule has 0 heterocycles. The van der Waals surface area contributed by atoms with Gasteiger partial charge in [0.05, 0.1) is 6.54 Å². The second-order valence-corrected chi connectivity index (χ2v) is 4.77. The second kappa shape index (κ2) is 6.75. The third kappa shape index (κ3) is 3.85. The standard InChI is InChI=1S/C17H20N2O/c1-3-14-8-6-9-15(11-14)18-12-17(20)19-16-10-5-4-7-13(16)2/h4-11,18H,3,12H2,1-2H3,(H,19,20). The highest BCUT2D eigenvalue weighted by Gasteiger charge is 2.04. The highest BCUT2D eigenvalue weighted by atomic mass is 16.1. The Labute approximate surface area is 120 Å². The predicted molar refractivity (Wildman–Crippen MR) is 84.1 cm³/mol. The molecule has 0 aliphatic carbocycles. The van der Waals surface area contributed by atoms with E-state index in [4.69, 9.17) is 0 Å². The molecule has 0 aliphatic heterocycles. The molecule has 0 radical (unpaired) electrons. The SMILES string of the molecule is CCc1cccc(NCC(=O)Nc2ccccc2C)c1. The van der Waals surface area contributed by atoms with Gasteiger partial charge in [0, 0.05) is 11.4 Å². The molecule has 0 saturated carbocycles. The molecule has 0 unspecified atom stereocenters. The summed E-state index contributed by atoms with van der Waals surface area (Å²) in [6, 6.07) is 15.9. The zero-order valence-corrected chi connectivity index (χ0v) is 11.9. The molecule has 2 N–H and O–H groups in total. The van der Waals surface area contributed by atoms with Gasteiger partial charge in [0.1, 0.15) is 0 Å². The first-order chi connectivity index (χ1) is 9.69. The Bertz CT molecular complexity index is 593. The molecule has 20 heavy (non-hydrogen) atoms. The molecule has 2 aromatic rings. The molecule has 0 fully saturated rings. The number of hydrogen-bond donors (Lipinski definition) is 2. The van der Waals surface area contributed by atoms with Gasteiger partial charge in [-0.1, -0.05) is 37.3 Å². The van der Waals surface area contributed by atoms with Crippen molar-refractivity contribution in [3.05, 3.63) is 59.7 Å². The van der Waals surface area contributed by atoms with Crippen molar-refractivity contribution in [3.8, 4) is 0 Å². The summed E-state index contributed by atoms with van der Waals surface area (Å²) >= 11 is 0. The maximum atomic E-state index is 11.9.